The molecule has 1 aliphatic heterocycles. The van der Waals surface area contributed by atoms with Gasteiger partial charge < -0.3 is 19.5 Å². The van der Waals surface area contributed by atoms with Crippen LogP contribution in [0.4, 0.5) is 0 Å². The Morgan fingerprint density at radius 2 is 2.12 bits per heavy atom. The van der Waals surface area contributed by atoms with Crippen molar-refractivity contribution in [3.8, 4) is 0 Å². The largest absolute Gasteiger partial charge is 0.380 e. The Balaban J connectivity index is 1.67. The first-order valence-electron chi connectivity index (χ1n) is 9.20. The number of likely N-dealkylation sites (tertiary alicyclic amines) is 1. The molecule has 1 aliphatic rings. The monoisotopic (exact) mass is 354 g/mol. The van der Waals surface area contributed by atoms with Gasteiger partial charge >= 0.3 is 0 Å². The van der Waals surface area contributed by atoms with Crippen molar-refractivity contribution >= 4 is 6.08 Å². The summed E-state index contributed by atoms with van der Waals surface area (Å²) in [6.07, 6.45) is 6.16. The number of likely N-dealkylation sites (N-methyl/N-ethyl adjacent to an activating group) is 1. The van der Waals surface area contributed by atoms with Crippen molar-refractivity contribution in [2.75, 3.05) is 33.8 Å². The lowest BCUT2D eigenvalue weighted by Gasteiger charge is -2.20. The smallest absolute Gasteiger partial charge is 0.0945 e. The Labute approximate surface area is 156 Å². The number of nitrogens with zero attached hydrogens (tertiary/aromatic N) is 3. The summed E-state index contributed by atoms with van der Waals surface area (Å²) in [4.78, 5) is 6.69. The number of aryl methyl sites for hydroxylation is 1. The van der Waals surface area contributed by atoms with E-state index in [9.17, 15) is 0 Å². The Hall–Kier alpha value is -1.95. The number of rotatable bonds is 7. The first-order chi connectivity index (χ1) is 12.6. The predicted octanol–water partition coefficient (Wildman–Crippen LogP) is 2.66. The van der Waals surface area contributed by atoms with Gasteiger partial charge in [-0.1, -0.05) is 35.9 Å². The normalized spacial score (nSPS) is 21.5. The minimum atomic E-state index is 0.438. The lowest BCUT2D eigenvalue weighted by molar-refractivity contribution is 0.184. The Morgan fingerprint density at radius 3 is 2.85 bits per heavy atom. The number of methoxy groups -OCH3 is 1. The van der Waals surface area contributed by atoms with Gasteiger partial charge in [-0.25, -0.2) is 4.98 Å². The highest BCUT2D eigenvalue weighted by atomic mass is 16.5. The quantitative estimate of drug-likeness (QED) is 0.830. The zero-order valence-electron chi connectivity index (χ0n) is 16.3. The van der Waals surface area contributed by atoms with Gasteiger partial charge in [0.2, 0.25) is 0 Å². The molecule has 0 aliphatic carbocycles. The SMILES string of the molecule is COCc1ccccc1/C=C(\C)CN[C@@H]1CN(C)C[C@H]1c1cncn1C. The van der Waals surface area contributed by atoms with Gasteiger partial charge in [0, 0.05) is 57.6 Å². The van der Waals surface area contributed by atoms with Crippen LogP contribution in [0.2, 0.25) is 0 Å². The molecule has 0 spiro atoms. The van der Waals surface area contributed by atoms with Crippen LogP contribution in [-0.4, -0.2) is 54.3 Å². The number of benzene rings is 1. The van der Waals surface area contributed by atoms with E-state index in [1.54, 1.807) is 7.11 Å². The van der Waals surface area contributed by atoms with Gasteiger partial charge in [-0.15, -0.1) is 0 Å². The van der Waals surface area contributed by atoms with Crippen LogP contribution in [-0.2, 0) is 18.4 Å². The fourth-order valence-corrected chi connectivity index (χ4v) is 3.80. The third kappa shape index (κ3) is 4.41. The first-order valence-corrected chi connectivity index (χ1v) is 9.20. The molecule has 1 aromatic heterocycles. The fraction of sp³-hybridized carbons (Fsp3) is 0.476. The van der Waals surface area contributed by atoms with E-state index >= 15 is 0 Å². The minimum Gasteiger partial charge on any atom is -0.380 e. The van der Waals surface area contributed by atoms with Crippen LogP contribution in [0, 0.1) is 0 Å². The molecule has 3 rings (SSSR count). The van der Waals surface area contributed by atoms with Gasteiger partial charge in [0.1, 0.15) is 0 Å². The second-order valence-electron chi connectivity index (χ2n) is 7.37. The fourth-order valence-electron chi connectivity index (χ4n) is 3.80. The van der Waals surface area contributed by atoms with Crippen molar-refractivity contribution in [3.63, 3.8) is 0 Å². The average molecular weight is 354 g/mol. The summed E-state index contributed by atoms with van der Waals surface area (Å²) in [6.45, 7) is 5.84. The number of nitrogens with one attached hydrogen (secondary N) is 1. The lowest BCUT2D eigenvalue weighted by atomic mass is 9.99. The van der Waals surface area contributed by atoms with E-state index in [0.717, 1.165) is 19.6 Å². The molecule has 2 heterocycles. The lowest BCUT2D eigenvalue weighted by Crippen LogP contribution is -2.36. The van der Waals surface area contributed by atoms with Crippen LogP contribution >= 0.6 is 0 Å². The topological polar surface area (TPSA) is 42.3 Å². The molecule has 0 saturated carbocycles. The molecular formula is C21H30N4O. The zero-order chi connectivity index (χ0) is 18.5. The Bertz CT molecular complexity index is 752. The van der Waals surface area contributed by atoms with Gasteiger partial charge in [0.25, 0.3) is 0 Å². The van der Waals surface area contributed by atoms with Crippen LogP contribution in [0.15, 0.2) is 42.4 Å². The molecule has 5 nitrogen and oxygen atoms in total. The van der Waals surface area contributed by atoms with E-state index in [1.165, 1.54) is 22.4 Å². The number of aromatic nitrogens is 2. The highest BCUT2D eigenvalue weighted by Crippen LogP contribution is 2.26. The molecule has 26 heavy (non-hydrogen) atoms. The van der Waals surface area contributed by atoms with Crippen LogP contribution < -0.4 is 5.32 Å². The van der Waals surface area contributed by atoms with E-state index in [2.05, 4.69) is 71.1 Å². The maximum Gasteiger partial charge on any atom is 0.0945 e. The third-order valence-electron chi connectivity index (χ3n) is 5.14. The second kappa shape index (κ2) is 8.62. The van der Waals surface area contributed by atoms with Crippen LogP contribution in [0.5, 0.6) is 0 Å². The first kappa shape index (κ1) is 18.8. The van der Waals surface area contributed by atoms with Crippen molar-refractivity contribution in [3.05, 3.63) is 59.2 Å². The zero-order valence-corrected chi connectivity index (χ0v) is 16.3. The summed E-state index contributed by atoms with van der Waals surface area (Å²) in [5.74, 6) is 0.473. The molecule has 140 valence electrons. The van der Waals surface area contributed by atoms with Gasteiger partial charge in [0.15, 0.2) is 0 Å². The van der Waals surface area contributed by atoms with Crippen molar-refractivity contribution in [2.45, 2.75) is 25.5 Å². The molecule has 0 radical (unpaired) electrons. The molecule has 5 heteroatoms. The summed E-state index contributed by atoms with van der Waals surface area (Å²) in [5, 5.41) is 3.77. The number of hydrogen-bond donors (Lipinski definition) is 1. The minimum absolute atomic E-state index is 0.438. The molecule has 1 saturated heterocycles. The number of hydrogen-bond acceptors (Lipinski definition) is 4. The summed E-state index contributed by atoms with van der Waals surface area (Å²) in [5.41, 5.74) is 5.09. The van der Waals surface area contributed by atoms with Crippen molar-refractivity contribution in [1.29, 1.82) is 0 Å². The second-order valence-corrected chi connectivity index (χ2v) is 7.37. The van der Waals surface area contributed by atoms with Crippen molar-refractivity contribution < 1.29 is 4.74 Å². The van der Waals surface area contributed by atoms with E-state index in [0.29, 0.717) is 18.6 Å². The van der Waals surface area contributed by atoms with Gasteiger partial charge in [-0.3, -0.25) is 0 Å². The Kier molecular flexibility index (Phi) is 6.25. The average Bonchev–Trinajstić information content (AvgIpc) is 3.20. The molecule has 0 unspecified atom stereocenters. The van der Waals surface area contributed by atoms with Gasteiger partial charge in [-0.05, 0) is 25.1 Å². The molecule has 1 N–H and O–H groups in total. The van der Waals surface area contributed by atoms with E-state index < -0.39 is 0 Å². The molecule has 0 amide bonds. The van der Waals surface area contributed by atoms with Gasteiger partial charge in [0.05, 0.1) is 12.9 Å². The van der Waals surface area contributed by atoms with Crippen LogP contribution in [0.25, 0.3) is 6.08 Å². The molecule has 0 bridgehead atoms. The molecule has 2 aromatic rings. The molecular weight excluding hydrogens is 324 g/mol. The molecule has 1 fully saturated rings. The van der Waals surface area contributed by atoms with E-state index in [4.69, 9.17) is 4.74 Å². The standard InChI is InChI=1S/C21H30N4O/c1-16(9-17-7-5-6-8-18(17)14-26-4)10-23-20-13-24(2)12-19(20)21-11-22-15-25(21)3/h5-9,11,15,19-20,23H,10,12-14H2,1-4H3/b16-9+/t19-,20-/m1/s1. The highest BCUT2D eigenvalue weighted by Gasteiger charge is 2.33. The number of imidazole rings is 1. The summed E-state index contributed by atoms with van der Waals surface area (Å²) < 4.78 is 7.45. The maximum absolute atomic E-state index is 5.31. The summed E-state index contributed by atoms with van der Waals surface area (Å²) in [6, 6.07) is 8.86. The third-order valence-corrected chi connectivity index (χ3v) is 5.14. The number of ether oxygens (including phenoxy) is 1. The highest BCUT2D eigenvalue weighted by molar-refractivity contribution is 5.56. The Morgan fingerprint density at radius 1 is 1.31 bits per heavy atom. The van der Waals surface area contributed by atoms with Gasteiger partial charge in [-0.2, -0.15) is 0 Å². The van der Waals surface area contributed by atoms with Crippen molar-refractivity contribution in [2.24, 2.45) is 7.05 Å². The summed E-state index contributed by atoms with van der Waals surface area (Å²) in [7, 11) is 6.01. The van der Waals surface area contributed by atoms with Crippen molar-refractivity contribution in [1.82, 2.24) is 19.8 Å². The van der Waals surface area contributed by atoms with E-state index in [1.807, 2.05) is 12.5 Å². The predicted molar refractivity (Wildman–Crippen MR) is 106 cm³/mol. The molecule has 1 aromatic carbocycles. The van der Waals surface area contributed by atoms with E-state index in [-0.39, 0.29) is 0 Å². The molecule has 2 atom stereocenters. The van der Waals surface area contributed by atoms with Crippen LogP contribution in [0.3, 0.4) is 0 Å². The maximum atomic E-state index is 5.31. The summed E-state index contributed by atoms with van der Waals surface area (Å²) >= 11 is 0. The van der Waals surface area contributed by atoms with Crippen LogP contribution in [0.1, 0.15) is 29.7 Å².